The fraction of sp³-hybridized carbons (Fsp3) is 0.444. The molecule has 0 bridgehead atoms. The van der Waals surface area contributed by atoms with Crippen LogP contribution >= 0.6 is 11.3 Å². The number of nitrogens with zero attached hydrogens (tertiary/aromatic N) is 2. The Morgan fingerprint density at radius 3 is 2.42 bits per heavy atom. The summed E-state index contributed by atoms with van der Waals surface area (Å²) >= 11 is 0.712. The summed E-state index contributed by atoms with van der Waals surface area (Å²) in [6, 6.07) is -0.914. The highest BCUT2D eigenvalue weighted by Crippen LogP contribution is 2.34. The van der Waals surface area contributed by atoms with Crippen LogP contribution in [-0.4, -0.2) is 34.2 Å². The predicted octanol–water partition coefficient (Wildman–Crippen LogP) is 3.99. The molecule has 0 radical (unpaired) electrons. The number of halogens is 4. The molecule has 0 aromatic carbocycles. The second-order valence-corrected chi connectivity index (χ2v) is 7.49. The summed E-state index contributed by atoms with van der Waals surface area (Å²) in [7, 11) is 0. The fourth-order valence-electron chi connectivity index (χ4n) is 2.69. The van der Waals surface area contributed by atoms with Crippen LogP contribution in [0.15, 0.2) is 6.07 Å². The maximum absolute atomic E-state index is 13.2. The standard InChI is InChI=1S/C18H20F4N4O4S/c1-4-5-30-18(29)11-7(2)12(15(23)27)31-17(11)24-16(28)8(3)26-10(14(21)22)6-9(25-26)13(19)20/h6,8,13-14H,4-5H2,1-3H3,(H2,23,27)(H,24,28). The normalized spacial score (nSPS) is 12.3. The SMILES string of the molecule is CCCOC(=O)c1c(NC(=O)C(C)n2nc(C(F)F)cc2C(F)F)sc(C(N)=O)c1C. The molecule has 3 N–H and O–H groups in total. The Morgan fingerprint density at radius 1 is 1.26 bits per heavy atom. The Morgan fingerprint density at radius 2 is 1.90 bits per heavy atom. The lowest BCUT2D eigenvalue weighted by molar-refractivity contribution is -0.119. The average molecular weight is 464 g/mol. The largest absolute Gasteiger partial charge is 0.462 e. The van der Waals surface area contributed by atoms with Crippen molar-refractivity contribution in [2.45, 2.75) is 46.1 Å². The van der Waals surface area contributed by atoms with Crippen LogP contribution in [0.5, 0.6) is 0 Å². The summed E-state index contributed by atoms with van der Waals surface area (Å²) in [6.07, 6.45) is -5.73. The number of carbonyl (C=O) groups is 3. The lowest BCUT2D eigenvalue weighted by atomic mass is 10.1. The summed E-state index contributed by atoms with van der Waals surface area (Å²) in [5.74, 6) is -2.57. The number of carbonyl (C=O) groups excluding carboxylic acids is 3. The number of nitrogens with two attached hydrogens (primary N) is 1. The number of primary amides is 1. The number of nitrogens with one attached hydrogen (secondary N) is 1. The van der Waals surface area contributed by atoms with Crippen molar-refractivity contribution in [3.05, 3.63) is 33.5 Å². The molecule has 2 aromatic rings. The number of hydrogen-bond acceptors (Lipinski definition) is 6. The highest BCUT2D eigenvalue weighted by atomic mass is 32.1. The smallest absolute Gasteiger partial charge is 0.341 e. The predicted molar refractivity (Wildman–Crippen MR) is 104 cm³/mol. The van der Waals surface area contributed by atoms with Gasteiger partial charge in [-0.3, -0.25) is 14.3 Å². The van der Waals surface area contributed by atoms with E-state index in [-0.39, 0.29) is 27.6 Å². The van der Waals surface area contributed by atoms with Gasteiger partial charge >= 0.3 is 5.97 Å². The number of rotatable bonds is 9. The summed E-state index contributed by atoms with van der Waals surface area (Å²) in [5.41, 5.74) is 3.63. The van der Waals surface area contributed by atoms with E-state index in [2.05, 4.69) is 10.4 Å². The van der Waals surface area contributed by atoms with Crippen molar-refractivity contribution in [2.75, 3.05) is 11.9 Å². The van der Waals surface area contributed by atoms with Gasteiger partial charge in [0.05, 0.1) is 17.0 Å². The monoisotopic (exact) mass is 464 g/mol. The molecule has 0 aliphatic rings. The molecule has 0 spiro atoms. The number of anilines is 1. The van der Waals surface area contributed by atoms with Crippen molar-refractivity contribution in [1.82, 2.24) is 9.78 Å². The van der Waals surface area contributed by atoms with Crippen LogP contribution in [0.1, 0.15) is 76.1 Å². The van der Waals surface area contributed by atoms with Crippen molar-refractivity contribution in [1.29, 1.82) is 0 Å². The number of ether oxygens (including phenoxy) is 1. The van der Waals surface area contributed by atoms with Crippen molar-refractivity contribution < 1.29 is 36.7 Å². The molecule has 2 amide bonds. The van der Waals surface area contributed by atoms with Crippen LogP contribution in [0, 0.1) is 6.92 Å². The second kappa shape index (κ2) is 9.90. The maximum atomic E-state index is 13.2. The molecule has 8 nitrogen and oxygen atoms in total. The molecule has 2 rings (SSSR count). The molecule has 0 fully saturated rings. The van der Waals surface area contributed by atoms with Gasteiger partial charge in [0.25, 0.3) is 18.8 Å². The number of alkyl halides is 4. The van der Waals surface area contributed by atoms with Crippen molar-refractivity contribution in [3.8, 4) is 0 Å². The number of thiophene rings is 1. The Labute approximate surface area is 178 Å². The van der Waals surface area contributed by atoms with Gasteiger partial charge in [0.1, 0.15) is 22.4 Å². The van der Waals surface area contributed by atoms with Gasteiger partial charge in [-0.15, -0.1) is 11.3 Å². The van der Waals surface area contributed by atoms with E-state index in [1.807, 2.05) is 0 Å². The first-order valence-corrected chi connectivity index (χ1v) is 9.87. The van der Waals surface area contributed by atoms with E-state index < -0.39 is 48.1 Å². The van der Waals surface area contributed by atoms with Gasteiger partial charge in [-0.25, -0.2) is 22.4 Å². The Kier molecular flexibility index (Phi) is 7.76. The molecule has 0 saturated carbocycles. The van der Waals surface area contributed by atoms with Gasteiger partial charge in [-0.1, -0.05) is 6.92 Å². The van der Waals surface area contributed by atoms with Crippen LogP contribution in [-0.2, 0) is 9.53 Å². The van der Waals surface area contributed by atoms with E-state index in [9.17, 15) is 31.9 Å². The average Bonchev–Trinajstić information content (AvgIpc) is 3.27. The van der Waals surface area contributed by atoms with Crippen LogP contribution in [0.25, 0.3) is 0 Å². The van der Waals surface area contributed by atoms with Crippen LogP contribution in [0.4, 0.5) is 22.6 Å². The molecule has 2 aromatic heterocycles. The van der Waals surface area contributed by atoms with Gasteiger partial charge in [-0.2, -0.15) is 5.10 Å². The van der Waals surface area contributed by atoms with Crippen LogP contribution in [0.2, 0.25) is 0 Å². The topological polar surface area (TPSA) is 116 Å². The van der Waals surface area contributed by atoms with Gasteiger partial charge in [0.15, 0.2) is 0 Å². The molecule has 170 valence electrons. The fourth-order valence-corrected chi connectivity index (χ4v) is 3.74. The van der Waals surface area contributed by atoms with E-state index in [4.69, 9.17) is 10.5 Å². The molecule has 13 heteroatoms. The first-order valence-electron chi connectivity index (χ1n) is 9.06. The quantitative estimate of drug-likeness (QED) is 0.430. The molecule has 31 heavy (non-hydrogen) atoms. The van der Waals surface area contributed by atoms with E-state index >= 15 is 0 Å². The van der Waals surface area contributed by atoms with Crippen molar-refractivity contribution >= 4 is 34.1 Å². The number of esters is 1. The van der Waals surface area contributed by atoms with Crippen LogP contribution < -0.4 is 11.1 Å². The molecule has 0 aliphatic heterocycles. The second-order valence-electron chi connectivity index (χ2n) is 6.47. The summed E-state index contributed by atoms with van der Waals surface area (Å²) < 4.78 is 57.8. The minimum atomic E-state index is -3.15. The number of aromatic nitrogens is 2. The van der Waals surface area contributed by atoms with Crippen LogP contribution in [0.3, 0.4) is 0 Å². The molecule has 0 aliphatic carbocycles. The highest BCUT2D eigenvalue weighted by molar-refractivity contribution is 7.18. The zero-order valence-corrected chi connectivity index (χ0v) is 17.6. The van der Waals surface area contributed by atoms with Crippen molar-refractivity contribution in [3.63, 3.8) is 0 Å². The highest BCUT2D eigenvalue weighted by Gasteiger charge is 2.30. The summed E-state index contributed by atoms with van der Waals surface area (Å²) in [5, 5.41) is 5.69. The van der Waals surface area contributed by atoms with E-state index in [0.717, 1.165) is 0 Å². The lowest BCUT2D eigenvalue weighted by Gasteiger charge is -2.15. The summed E-state index contributed by atoms with van der Waals surface area (Å²) in [6.45, 7) is 4.47. The van der Waals surface area contributed by atoms with Gasteiger partial charge in [0, 0.05) is 0 Å². The lowest BCUT2D eigenvalue weighted by Crippen LogP contribution is -2.26. The number of amides is 2. The first kappa shape index (κ1) is 24.3. The van der Waals surface area contributed by atoms with Gasteiger partial charge < -0.3 is 15.8 Å². The Hall–Kier alpha value is -2.96. The molecule has 1 unspecified atom stereocenters. The van der Waals surface area contributed by atoms with E-state index in [1.165, 1.54) is 13.8 Å². The summed E-state index contributed by atoms with van der Waals surface area (Å²) in [4.78, 5) is 36.7. The third kappa shape index (κ3) is 5.21. The zero-order chi connectivity index (χ0) is 23.5. The molecule has 2 heterocycles. The van der Waals surface area contributed by atoms with E-state index in [0.29, 0.717) is 28.5 Å². The van der Waals surface area contributed by atoms with Crippen molar-refractivity contribution in [2.24, 2.45) is 5.73 Å². The Bertz CT molecular complexity index is 990. The third-order valence-corrected chi connectivity index (χ3v) is 5.45. The van der Waals surface area contributed by atoms with Gasteiger partial charge in [-0.05, 0) is 31.9 Å². The molecular formula is C18H20F4N4O4S. The third-order valence-electron chi connectivity index (χ3n) is 4.23. The molecule has 1 atom stereocenters. The minimum Gasteiger partial charge on any atom is -0.462 e. The zero-order valence-electron chi connectivity index (χ0n) is 16.7. The van der Waals surface area contributed by atoms with Gasteiger partial charge in [0.2, 0.25) is 5.91 Å². The van der Waals surface area contributed by atoms with E-state index in [1.54, 1.807) is 6.92 Å². The maximum Gasteiger partial charge on any atom is 0.341 e. The number of hydrogen-bond donors (Lipinski definition) is 2. The molecular weight excluding hydrogens is 444 g/mol. The minimum absolute atomic E-state index is 0.00116. The first-order chi connectivity index (χ1) is 14.5. The Balaban J connectivity index is 2.40. The molecule has 0 saturated heterocycles.